The third kappa shape index (κ3) is 6.27. The maximum absolute atomic E-state index is 9.55. The first kappa shape index (κ1) is 20.2. The first-order valence-corrected chi connectivity index (χ1v) is 8.50. The number of carbonyl (C=O) groups is 2. The predicted molar refractivity (Wildman–Crippen MR) is 105 cm³/mol. The van der Waals surface area contributed by atoms with Gasteiger partial charge in [0.1, 0.15) is 0 Å². The second-order valence-electron chi connectivity index (χ2n) is 5.95. The molecule has 1 aromatic carbocycles. The maximum atomic E-state index is 9.55. The molecule has 7 heteroatoms. The summed E-state index contributed by atoms with van der Waals surface area (Å²) < 4.78 is 0. The summed E-state index contributed by atoms with van der Waals surface area (Å²) in [7, 11) is 0. The monoisotopic (exact) mass is 386 g/mol. The molecule has 0 spiro atoms. The molecular weight excluding hydrogens is 368 g/mol. The van der Waals surface area contributed by atoms with Gasteiger partial charge in [0.15, 0.2) is 0 Å². The molecule has 3 rings (SSSR count). The van der Waals surface area contributed by atoms with E-state index in [0.29, 0.717) is 12.2 Å². The van der Waals surface area contributed by atoms with Crippen LogP contribution in [-0.4, -0.2) is 27.1 Å². The van der Waals surface area contributed by atoms with Gasteiger partial charge in [0.05, 0.1) is 5.69 Å². The number of fused-ring (bicyclic) bond motifs is 1. The zero-order chi connectivity index (χ0) is 20.0. The molecule has 1 aliphatic rings. The van der Waals surface area contributed by atoms with E-state index in [1.165, 1.54) is 16.7 Å². The normalized spacial score (nSPS) is 12.6. The van der Waals surface area contributed by atoms with Crippen LogP contribution >= 0.6 is 11.6 Å². The molecular formula is C20H19ClN2O4. The molecule has 140 valence electrons. The Morgan fingerprint density at radius 3 is 2.37 bits per heavy atom. The average Bonchev–Trinajstić information content (AvgIpc) is 2.59. The highest BCUT2D eigenvalue weighted by Crippen LogP contribution is 2.31. The molecule has 2 aromatic rings. The van der Waals surface area contributed by atoms with Crippen molar-refractivity contribution in [1.82, 2.24) is 4.98 Å². The van der Waals surface area contributed by atoms with E-state index in [1.54, 1.807) is 0 Å². The van der Waals surface area contributed by atoms with Crippen LogP contribution in [0.1, 0.15) is 28.9 Å². The Hall–Kier alpha value is -3.12. The van der Waals surface area contributed by atoms with Gasteiger partial charge in [-0.15, -0.1) is 0 Å². The van der Waals surface area contributed by atoms with Gasteiger partial charge in [-0.1, -0.05) is 17.7 Å². The van der Waals surface area contributed by atoms with Gasteiger partial charge in [-0.2, -0.15) is 0 Å². The Morgan fingerprint density at radius 1 is 1.11 bits per heavy atom. The Morgan fingerprint density at radius 2 is 1.78 bits per heavy atom. The fourth-order valence-corrected chi connectivity index (χ4v) is 2.84. The number of nitrogens with two attached hydrogens (primary N) is 1. The lowest BCUT2D eigenvalue weighted by atomic mass is 9.90. The third-order valence-electron chi connectivity index (χ3n) is 3.77. The van der Waals surface area contributed by atoms with Crippen molar-refractivity contribution in [1.29, 1.82) is 0 Å². The standard InChI is InChI=1S/C16H15ClN2.C4H4O4/c1-10-6-15(18)9-16(19-10)12-3-2-11-4-5-14(17)8-13(11)7-12;5-3(6)1-2-4(7)8/h4-9H,2-3H2,1H3,(H2,18,19);1-2H,(H,5,6)(H,7,8). The number of halogens is 1. The molecule has 0 saturated heterocycles. The quantitative estimate of drug-likeness (QED) is 0.691. The molecule has 0 radical (unpaired) electrons. The van der Waals surface area contributed by atoms with Gasteiger partial charge >= 0.3 is 11.9 Å². The molecule has 0 amide bonds. The SMILES string of the molecule is Cc1cc(N)cc(C2=Cc3cc(Cl)ccc3CC2)n1.O=C(O)C=CC(=O)O. The number of carboxylic acid groups (broad SMARTS) is 2. The first-order valence-electron chi connectivity index (χ1n) is 8.12. The van der Waals surface area contributed by atoms with E-state index >= 15 is 0 Å². The number of nitrogens with zero attached hydrogens (tertiary/aromatic N) is 1. The topological polar surface area (TPSA) is 114 Å². The van der Waals surface area contributed by atoms with Crippen LogP contribution in [0.25, 0.3) is 11.6 Å². The highest BCUT2D eigenvalue weighted by Gasteiger charge is 2.13. The zero-order valence-corrected chi connectivity index (χ0v) is 15.4. The predicted octanol–water partition coefficient (Wildman–Crippen LogP) is 3.82. The molecule has 0 unspecified atom stereocenters. The molecule has 1 aromatic heterocycles. The van der Waals surface area contributed by atoms with E-state index in [9.17, 15) is 9.59 Å². The van der Waals surface area contributed by atoms with Crippen molar-refractivity contribution in [3.05, 3.63) is 70.0 Å². The third-order valence-corrected chi connectivity index (χ3v) is 4.01. The van der Waals surface area contributed by atoms with E-state index in [2.05, 4.69) is 17.1 Å². The number of rotatable bonds is 3. The molecule has 0 aliphatic heterocycles. The lowest BCUT2D eigenvalue weighted by Gasteiger charge is -2.17. The molecule has 0 atom stereocenters. The summed E-state index contributed by atoms with van der Waals surface area (Å²) in [4.78, 5) is 23.7. The van der Waals surface area contributed by atoms with Gasteiger partial charge in [-0.25, -0.2) is 9.59 Å². The lowest BCUT2D eigenvalue weighted by molar-refractivity contribution is -0.134. The lowest BCUT2D eigenvalue weighted by Crippen LogP contribution is -2.02. The molecule has 27 heavy (non-hydrogen) atoms. The van der Waals surface area contributed by atoms with Crippen molar-refractivity contribution in [2.45, 2.75) is 19.8 Å². The second kappa shape index (κ2) is 9.00. The summed E-state index contributed by atoms with van der Waals surface area (Å²) in [6.07, 6.45) is 5.30. The summed E-state index contributed by atoms with van der Waals surface area (Å²) in [5.74, 6) is -2.51. The van der Waals surface area contributed by atoms with E-state index < -0.39 is 11.9 Å². The van der Waals surface area contributed by atoms with Crippen LogP contribution in [0.15, 0.2) is 42.5 Å². The van der Waals surface area contributed by atoms with Gasteiger partial charge in [0.2, 0.25) is 0 Å². The minimum absolute atomic E-state index is 0.558. The van der Waals surface area contributed by atoms with Crippen LogP contribution in [0, 0.1) is 6.92 Å². The number of hydrogen-bond acceptors (Lipinski definition) is 4. The van der Waals surface area contributed by atoms with Crippen molar-refractivity contribution in [3.63, 3.8) is 0 Å². The first-order chi connectivity index (χ1) is 12.7. The minimum Gasteiger partial charge on any atom is -0.478 e. The molecule has 0 saturated carbocycles. The van der Waals surface area contributed by atoms with Gasteiger partial charge in [-0.3, -0.25) is 4.98 Å². The van der Waals surface area contributed by atoms with E-state index in [4.69, 9.17) is 27.5 Å². The van der Waals surface area contributed by atoms with Crippen molar-refractivity contribution < 1.29 is 19.8 Å². The minimum atomic E-state index is -1.26. The number of carboxylic acids is 2. The summed E-state index contributed by atoms with van der Waals surface area (Å²) in [6.45, 7) is 1.97. The summed E-state index contributed by atoms with van der Waals surface area (Å²) >= 11 is 6.06. The van der Waals surface area contributed by atoms with Gasteiger partial charge in [0, 0.05) is 28.6 Å². The number of pyridine rings is 1. The second-order valence-corrected chi connectivity index (χ2v) is 6.39. The van der Waals surface area contributed by atoms with Gasteiger partial charge in [0.25, 0.3) is 0 Å². The van der Waals surface area contributed by atoms with Crippen LogP contribution < -0.4 is 5.73 Å². The Labute approximate surface area is 161 Å². The number of nitrogen functional groups attached to an aromatic ring is 1. The molecule has 0 bridgehead atoms. The summed E-state index contributed by atoms with van der Waals surface area (Å²) in [5.41, 5.74) is 12.3. The van der Waals surface area contributed by atoms with E-state index in [1.807, 2.05) is 31.2 Å². The van der Waals surface area contributed by atoms with Crippen LogP contribution in [0.3, 0.4) is 0 Å². The Kier molecular flexibility index (Phi) is 6.73. The maximum Gasteiger partial charge on any atom is 0.328 e. The summed E-state index contributed by atoms with van der Waals surface area (Å²) in [5, 5.41) is 16.4. The number of hydrogen-bond donors (Lipinski definition) is 3. The van der Waals surface area contributed by atoms with Crippen molar-refractivity contribution in [2.24, 2.45) is 0 Å². The van der Waals surface area contributed by atoms with Gasteiger partial charge < -0.3 is 15.9 Å². The molecule has 0 fully saturated rings. The van der Waals surface area contributed by atoms with Crippen LogP contribution in [0.5, 0.6) is 0 Å². The Balaban J connectivity index is 0.000000279. The fraction of sp³-hybridized carbons (Fsp3) is 0.150. The molecule has 1 heterocycles. The largest absolute Gasteiger partial charge is 0.478 e. The Bertz CT molecular complexity index is 899. The van der Waals surface area contributed by atoms with E-state index in [-0.39, 0.29) is 0 Å². The van der Waals surface area contributed by atoms with Crippen LogP contribution in [-0.2, 0) is 16.0 Å². The highest BCUT2D eigenvalue weighted by atomic mass is 35.5. The smallest absolute Gasteiger partial charge is 0.328 e. The van der Waals surface area contributed by atoms with Crippen molar-refractivity contribution in [2.75, 3.05) is 5.73 Å². The molecule has 4 N–H and O–H groups in total. The summed E-state index contributed by atoms with van der Waals surface area (Å²) in [6, 6.07) is 9.88. The number of aryl methyl sites for hydroxylation is 2. The number of allylic oxidation sites excluding steroid dienone is 1. The number of benzene rings is 1. The zero-order valence-electron chi connectivity index (χ0n) is 14.6. The van der Waals surface area contributed by atoms with Crippen LogP contribution in [0.4, 0.5) is 5.69 Å². The van der Waals surface area contributed by atoms with Crippen molar-refractivity contribution >= 4 is 40.9 Å². The van der Waals surface area contributed by atoms with Crippen molar-refractivity contribution in [3.8, 4) is 0 Å². The van der Waals surface area contributed by atoms with Crippen LogP contribution in [0.2, 0.25) is 5.02 Å². The highest BCUT2D eigenvalue weighted by molar-refractivity contribution is 6.30. The van der Waals surface area contributed by atoms with Gasteiger partial charge in [-0.05, 0) is 66.8 Å². The number of anilines is 1. The number of aromatic nitrogens is 1. The molecule has 1 aliphatic carbocycles. The average molecular weight is 387 g/mol. The number of aliphatic carboxylic acids is 2. The van der Waals surface area contributed by atoms with E-state index in [0.717, 1.165) is 34.9 Å². The molecule has 6 nitrogen and oxygen atoms in total. The fourth-order valence-electron chi connectivity index (χ4n) is 2.66.